The Morgan fingerprint density at radius 3 is 3.18 bits per heavy atom. The highest BCUT2D eigenvalue weighted by Gasteiger charge is 2.22. The second-order valence-electron chi connectivity index (χ2n) is 4.35. The van der Waals surface area contributed by atoms with Gasteiger partial charge < -0.3 is 14.8 Å². The standard InChI is InChI=1S/C13H20N2O2/c1-3-17-13-6-4-5-12(15-13)14-10(2)11-7-8-16-9-11/h4-6,10-11H,3,7-9H2,1-2H3,(H,14,15). The second kappa shape index (κ2) is 5.87. The molecule has 0 aliphatic carbocycles. The summed E-state index contributed by atoms with van der Waals surface area (Å²) in [4.78, 5) is 4.40. The van der Waals surface area contributed by atoms with Crippen LogP contribution >= 0.6 is 0 Å². The lowest BCUT2D eigenvalue weighted by Gasteiger charge is -2.20. The number of pyridine rings is 1. The van der Waals surface area contributed by atoms with E-state index in [2.05, 4.69) is 17.2 Å². The Bertz CT molecular complexity index is 351. The molecule has 4 nitrogen and oxygen atoms in total. The van der Waals surface area contributed by atoms with Crippen LogP contribution in [0.4, 0.5) is 5.82 Å². The zero-order valence-corrected chi connectivity index (χ0v) is 10.5. The Balaban J connectivity index is 1.94. The van der Waals surface area contributed by atoms with Crippen LogP contribution in [0.15, 0.2) is 18.2 Å². The molecule has 4 heteroatoms. The van der Waals surface area contributed by atoms with Gasteiger partial charge in [-0.15, -0.1) is 0 Å². The average Bonchev–Trinajstić information content (AvgIpc) is 2.83. The van der Waals surface area contributed by atoms with Gasteiger partial charge in [-0.2, -0.15) is 4.98 Å². The predicted molar refractivity (Wildman–Crippen MR) is 67.4 cm³/mol. The molecule has 0 radical (unpaired) electrons. The fraction of sp³-hybridized carbons (Fsp3) is 0.615. The summed E-state index contributed by atoms with van der Waals surface area (Å²) in [5.41, 5.74) is 0. The van der Waals surface area contributed by atoms with Crippen molar-refractivity contribution >= 4 is 5.82 Å². The maximum atomic E-state index is 5.39. The van der Waals surface area contributed by atoms with E-state index in [1.54, 1.807) is 0 Å². The highest BCUT2D eigenvalue weighted by molar-refractivity contribution is 5.38. The third-order valence-electron chi connectivity index (χ3n) is 3.06. The molecule has 1 saturated heterocycles. The lowest BCUT2D eigenvalue weighted by molar-refractivity contribution is 0.183. The Labute approximate surface area is 102 Å². The van der Waals surface area contributed by atoms with Gasteiger partial charge in [0.1, 0.15) is 5.82 Å². The van der Waals surface area contributed by atoms with Crippen molar-refractivity contribution in [3.05, 3.63) is 18.2 Å². The summed E-state index contributed by atoms with van der Waals surface area (Å²) in [6.07, 6.45) is 1.12. The summed E-state index contributed by atoms with van der Waals surface area (Å²) < 4.78 is 10.8. The molecule has 0 spiro atoms. The van der Waals surface area contributed by atoms with Crippen LogP contribution in [0.25, 0.3) is 0 Å². The van der Waals surface area contributed by atoms with Crippen molar-refractivity contribution in [2.24, 2.45) is 5.92 Å². The highest BCUT2D eigenvalue weighted by atomic mass is 16.5. The van der Waals surface area contributed by atoms with Gasteiger partial charge in [0.2, 0.25) is 5.88 Å². The van der Waals surface area contributed by atoms with Crippen molar-refractivity contribution in [3.8, 4) is 5.88 Å². The van der Waals surface area contributed by atoms with E-state index in [4.69, 9.17) is 9.47 Å². The summed E-state index contributed by atoms with van der Waals surface area (Å²) in [5.74, 6) is 2.12. The quantitative estimate of drug-likeness (QED) is 0.852. The molecule has 17 heavy (non-hydrogen) atoms. The first kappa shape index (κ1) is 12.2. The molecule has 1 aliphatic heterocycles. The number of aromatic nitrogens is 1. The molecule has 94 valence electrons. The molecule has 1 aromatic rings. The zero-order valence-electron chi connectivity index (χ0n) is 10.5. The maximum absolute atomic E-state index is 5.39. The highest BCUT2D eigenvalue weighted by Crippen LogP contribution is 2.20. The van der Waals surface area contributed by atoms with Gasteiger partial charge in [-0.3, -0.25) is 0 Å². The maximum Gasteiger partial charge on any atom is 0.215 e. The van der Waals surface area contributed by atoms with Crippen LogP contribution in [0, 0.1) is 5.92 Å². The van der Waals surface area contributed by atoms with Crippen molar-refractivity contribution in [1.29, 1.82) is 0 Å². The number of hydrogen-bond acceptors (Lipinski definition) is 4. The van der Waals surface area contributed by atoms with Gasteiger partial charge >= 0.3 is 0 Å². The van der Waals surface area contributed by atoms with E-state index in [1.807, 2.05) is 25.1 Å². The molecule has 1 fully saturated rings. The molecule has 2 rings (SSSR count). The molecular formula is C13H20N2O2. The number of nitrogens with one attached hydrogen (secondary N) is 1. The molecule has 2 unspecified atom stereocenters. The predicted octanol–water partition coefficient (Wildman–Crippen LogP) is 2.32. The number of nitrogens with zero attached hydrogens (tertiary/aromatic N) is 1. The third-order valence-corrected chi connectivity index (χ3v) is 3.06. The minimum atomic E-state index is 0.377. The lowest BCUT2D eigenvalue weighted by atomic mass is 10.0. The monoisotopic (exact) mass is 236 g/mol. The summed E-state index contributed by atoms with van der Waals surface area (Å²) in [5, 5.41) is 3.41. The Hall–Kier alpha value is -1.29. The van der Waals surface area contributed by atoms with Gasteiger partial charge in [0.25, 0.3) is 0 Å². The van der Waals surface area contributed by atoms with Crippen molar-refractivity contribution < 1.29 is 9.47 Å². The van der Waals surface area contributed by atoms with Crippen molar-refractivity contribution in [2.75, 3.05) is 25.1 Å². The largest absolute Gasteiger partial charge is 0.478 e. The van der Waals surface area contributed by atoms with Crippen LogP contribution in [0.3, 0.4) is 0 Å². The normalized spacial score (nSPS) is 21.2. The molecule has 1 N–H and O–H groups in total. The van der Waals surface area contributed by atoms with Gasteiger partial charge in [-0.1, -0.05) is 6.07 Å². The Morgan fingerprint density at radius 1 is 1.59 bits per heavy atom. The van der Waals surface area contributed by atoms with Crippen LogP contribution in [-0.4, -0.2) is 30.8 Å². The van der Waals surface area contributed by atoms with Crippen molar-refractivity contribution in [3.63, 3.8) is 0 Å². The number of ether oxygens (including phenoxy) is 2. The minimum Gasteiger partial charge on any atom is -0.478 e. The summed E-state index contributed by atoms with van der Waals surface area (Å²) in [6, 6.07) is 6.17. The number of hydrogen-bond donors (Lipinski definition) is 1. The number of anilines is 1. The minimum absolute atomic E-state index is 0.377. The first-order valence-electron chi connectivity index (χ1n) is 6.23. The molecule has 1 aromatic heterocycles. The molecule has 0 amide bonds. The Morgan fingerprint density at radius 2 is 2.47 bits per heavy atom. The van der Waals surface area contributed by atoms with Crippen LogP contribution in [0.1, 0.15) is 20.3 Å². The molecule has 0 saturated carbocycles. The first-order valence-corrected chi connectivity index (χ1v) is 6.23. The van der Waals surface area contributed by atoms with Gasteiger partial charge in [0.05, 0.1) is 13.2 Å². The van der Waals surface area contributed by atoms with E-state index in [0.717, 1.165) is 25.5 Å². The average molecular weight is 236 g/mol. The van der Waals surface area contributed by atoms with Crippen LogP contribution < -0.4 is 10.1 Å². The summed E-state index contributed by atoms with van der Waals surface area (Å²) >= 11 is 0. The van der Waals surface area contributed by atoms with E-state index >= 15 is 0 Å². The van der Waals surface area contributed by atoms with Crippen molar-refractivity contribution in [1.82, 2.24) is 4.98 Å². The van der Waals surface area contributed by atoms with Crippen LogP contribution in [0.5, 0.6) is 5.88 Å². The fourth-order valence-electron chi connectivity index (χ4n) is 2.02. The van der Waals surface area contributed by atoms with Gasteiger partial charge in [-0.25, -0.2) is 0 Å². The van der Waals surface area contributed by atoms with Gasteiger partial charge in [0.15, 0.2) is 0 Å². The van der Waals surface area contributed by atoms with E-state index in [1.165, 1.54) is 0 Å². The van der Waals surface area contributed by atoms with Crippen molar-refractivity contribution in [2.45, 2.75) is 26.3 Å². The summed E-state index contributed by atoms with van der Waals surface area (Å²) in [7, 11) is 0. The third kappa shape index (κ3) is 3.33. The van der Waals surface area contributed by atoms with Gasteiger partial charge in [0, 0.05) is 24.6 Å². The fourth-order valence-corrected chi connectivity index (χ4v) is 2.02. The van der Waals surface area contributed by atoms with E-state index in [9.17, 15) is 0 Å². The van der Waals surface area contributed by atoms with E-state index in [-0.39, 0.29) is 0 Å². The molecular weight excluding hydrogens is 216 g/mol. The lowest BCUT2D eigenvalue weighted by Crippen LogP contribution is -2.26. The first-order chi connectivity index (χ1) is 8.29. The zero-order chi connectivity index (χ0) is 12.1. The Kier molecular flexibility index (Phi) is 4.20. The van der Waals surface area contributed by atoms with E-state index < -0.39 is 0 Å². The molecule has 2 heterocycles. The smallest absolute Gasteiger partial charge is 0.215 e. The molecule has 0 bridgehead atoms. The topological polar surface area (TPSA) is 43.4 Å². The number of rotatable bonds is 5. The van der Waals surface area contributed by atoms with Crippen LogP contribution in [-0.2, 0) is 4.74 Å². The summed E-state index contributed by atoms with van der Waals surface area (Å²) in [6.45, 7) is 6.50. The van der Waals surface area contributed by atoms with Gasteiger partial charge in [-0.05, 0) is 26.3 Å². The van der Waals surface area contributed by atoms with E-state index in [0.29, 0.717) is 24.4 Å². The second-order valence-corrected chi connectivity index (χ2v) is 4.35. The molecule has 1 aliphatic rings. The van der Waals surface area contributed by atoms with Crippen LogP contribution in [0.2, 0.25) is 0 Å². The molecule has 0 aromatic carbocycles. The molecule has 2 atom stereocenters. The SMILES string of the molecule is CCOc1cccc(NC(C)C2CCOC2)n1.